The van der Waals surface area contributed by atoms with Crippen molar-refractivity contribution < 1.29 is 13.9 Å². The Balaban J connectivity index is 1.98. The molecule has 1 fully saturated rings. The van der Waals surface area contributed by atoms with E-state index in [0.29, 0.717) is 27.5 Å². The van der Waals surface area contributed by atoms with Crippen molar-refractivity contribution >= 4 is 33.5 Å². The zero-order valence-corrected chi connectivity index (χ0v) is 17.8. The number of aromatic nitrogens is 2. The molecule has 2 aromatic heterocycles. The smallest absolute Gasteiger partial charge is 0.343 e. The molecule has 6 nitrogen and oxygen atoms in total. The molecule has 158 valence electrons. The van der Waals surface area contributed by atoms with Gasteiger partial charge in [0.05, 0.1) is 34.9 Å². The summed E-state index contributed by atoms with van der Waals surface area (Å²) >= 11 is 0. The van der Waals surface area contributed by atoms with E-state index in [-0.39, 0.29) is 23.4 Å². The lowest BCUT2D eigenvalue weighted by molar-refractivity contribution is 0.0524. The summed E-state index contributed by atoms with van der Waals surface area (Å²) in [5.74, 6) is -1.02. The van der Waals surface area contributed by atoms with Crippen LogP contribution in [0.5, 0.6) is 0 Å². The maximum Gasteiger partial charge on any atom is 0.343 e. The molecule has 0 unspecified atom stereocenters. The Kier molecular flexibility index (Phi) is 5.00. The summed E-state index contributed by atoms with van der Waals surface area (Å²) in [4.78, 5) is 32.0. The second-order valence-corrected chi connectivity index (χ2v) is 8.73. The van der Waals surface area contributed by atoms with Gasteiger partial charge >= 0.3 is 5.97 Å². The Labute approximate surface area is 174 Å². The number of esters is 1. The molecule has 0 amide bonds. The largest absolute Gasteiger partial charge is 0.462 e. The number of rotatable bonds is 3. The van der Waals surface area contributed by atoms with Crippen molar-refractivity contribution in [1.82, 2.24) is 9.55 Å². The number of benzene rings is 1. The molecule has 0 aliphatic carbocycles. The average molecular weight is 411 g/mol. The fourth-order valence-corrected chi connectivity index (χ4v) is 4.38. The summed E-state index contributed by atoms with van der Waals surface area (Å²) in [5.41, 5.74) is 1.06. The minimum atomic E-state index is -0.662. The molecule has 0 N–H and O–H groups in total. The minimum Gasteiger partial charge on any atom is -0.462 e. The molecule has 0 bridgehead atoms. The molecule has 3 heterocycles. The van der Waals surface area contributed by atoms with Crippen LogP contribution in [0.3, 0.4) is 0 Å². The predicted octanol–water partition coefficient (Wildman–Crippen LogP) is 4.03. The number of ether oxygens (including phenoxy) is 1. The van der Waals surface area contributed by atoms with E-state index < -0.39 is 11.4 Å². The SMILES string of the molecule is CCOC(=O)c1cn(C)c2cnc3cc(F)c(N4CCCC(C)(C)C4)cc3c2c1=O. The van der Waals surface area contributed by atoms with E-state index in [1.807, 2.05) is 4.90 Å². The number of hydrogen-bond acceptors (Lipinski definition) is 5. The van der Waals surface area contributed by atoms with Crippen molar-refractivity contribution in [3.8, 4) is 0 Å². The van der Waals surface area contributed by atoms with Crippen molar-refractivity contribution in [1.29, 1.82) is 0 Å². The molecule has 1 aliphatic rings. The molecular weight excluding hydrogens is 385 g/mol. The first-order valence-corrected chi connectivity index (χ1v) is 10.3. The van der Waals surface area contributed by atoms with Gasteiger partial charge in [-0.2, -0.15) is 0 Å². The first kappa shape index (κ1) is 20.3. The van der Waals surface area contributed by atoms with Gasteiger partial charge in [-0.25, -0.2) is 9.18 Å². The molecule has 7 heteroatoms. The second-order valence-electron chi connectivity index (χ2n) is 8.73. The van der Waals surface area contributed by atoms with E-state index in [1.54, 1.807) is 24.6 Å². The highest BCUT2D eigenvalue weighted by Gasteiger charge is 2.28. The van der Waals surface area contributed by atoms with Crippen molar-refractivity contribution in [3.05, 3.63) is 46.1 Å². The Morgan fingerprint density at radius 1 is 1.33 bits per heavy atom. The van der Waals surface area contributed by atoms with Gasteiger partial charge in [0.25, 0.3) is 0 Å². The Morgan fingerprint density at radius 3 is 2.80 bits per heavy atom. The fourth-order valence-electron chi connectivity index (χ4n) is 4.38. The van der Waals surface area contributed by atoms with E-state index in [4.69, 9.17) is 4.74 Å². The van der Waals surface area contributed by atoms with E-state index in [9.17, 15) is 9.59 Å². The van der Waals surface area contributed by atoms with Gasteiger partial charge < -0.3 is 14.2 Å². The van der Waals surface area contributed by atoms with E-state index in [0.717, 1.165) is 25.9 Å². The minimum absolute atomic E-state index is 0.0377. The number of piperidine rings is 1. The molecule has 1 aliphatic heterocycles. The summed E-state index contributed by atoms with van der Waals surface area (Å²) in [7, 11) is 1.75. The normalized spacial score (nSPS) is 16.2. The number of anilines is 1. The molecule has 0 atom stereocenters. The average Bonchev–Trinajstić information content (AvgIpc) is 2.68. The van der Waals surface area contributed by atoms with Gasteiger partial charge in [-0.15, -0.1) is 0 Å². The van der Waals surface area contributed by atoms with Crippen molar-refractivity contribution in [2.45, 2.75) is 33.6 Å². The van der Waals surface area contributed by atoms with E-state index in [1.165, 1.54) is 18.5 Å². The lowest BCUT2D eigenvalue weighted by atomic mass is 9.84. The summed E-state index contributed by atoms with van der Waals surface area (Å²) < 4.78 is 21.7. The van der Waals surface area contributed by atoms with Crippen LogP contribution < -0.4 is 10.3 Å². The van der Waals surface area contributed by atoms with Crippen molar-refractivity contribution in [2.24, 2.45) is 12.5 Å². The van der Waals surface area contributed by atoms with Gasteiger partial charge in [-0.1, -0.05) is 13.8 Å². The van der Waals surface area contributed by atoms with Crippen LogP contribution in [0.4, 0.5) is 10.1 Å². The fraction of sp³-hybridized carbons (Fsp3) is 0.435. The first-order valence-electron chi connectivity index (χ1n) is 10.3. The third-order valence-electron chi connectivity index (χ3n) is 5.83. The van der Waals surface area contributed by atoms with Crippen LogP contribution in [-0.4, -0.2) is 35.2 Å². The van der Waals surface area contributed by atoms with E-state index in [2.05, 4.69) is 18.8 Å². The predicted molar refractivity (Wildman–Crippen MR) is 116 cm³/mol. The van der Waals surface area contributed by atoms with Gasteiger partial charge in [0, 0.05) is 37.8 Å². The maximum atomic E-state index is 15.0. The molecule has 30 heavy (non-hydrogen) atoms. The molecule has 3 aromatic rings. The van der Waals surface area contributed by atoms with Crippen molar-refractivity contribution in [2.75, 3.05) is 24.6 Å². The Hall–Kier alpha value is -2.96. The van der Waals surface area contributed by atoms with Gasteiger partial charge in [-0.05, 0) is 31.2 Å². The topological polar surface area (TPSA) is 64.4 Å². The number of pyridine rings is 2. The summed E-state index contributed by atoms with van der Waals surface area (Å²) in [6, 6.07) is 3.08. The zero-order chi connectivity index (χ0) is 21.6. The lowest BCUT2D eigenvalue weighted by Gasteiger charge is -2.39. The molecule has 1 aromatic carbocycles. The molecule has 0 spiro atoms. The summed E-state index contributed by atoms with van der Waals surface area (Å²) in [6.07, 6.45) is 5.07. The quantitative estimate of drug-likeness (QED) is 0.481. The molecule has 0 radical (unpaired) electrons. The molecule has 4 rings (SSSR count). The van der Waals surface area contributed by atoms with Gasteiger partial charge in [-0.3, -0.25) is 9.78 Å². The van der Waals surface area contributed by atoms with Gasteiger partial charge in [0.2, 0.25) is 5.43 Å². The van der Waals surface area contributed by atoms with Crippen LogP contribution in [0, 0.1) is 11.2 Å². The van der Waals surface area contributed by atoms with Gasteiger partial charge in [0.1, 0.15) is 11.4 Å². The van der Waals surface area contributed by atoms with Crippen LogP contribution in [0.2, 0.25) is 0 Å². The van der Waals surface area contributed by atoms with E-state index >= 15 is 4.39 Å². The number of aryl methyl sites for hydroxylation is 1. The van der Waals surface area contributed by atoms with Crippen LogP contribution in [0.1, 0.15) is 44.0 Å². The number of halogens is 1. The summed E-state index contributed by atoms with van der Waals surface area (Å²) in [5, 5.41) is 0.893. The first-order chi connectivity index (χ1) is 14.2. The zero-order valence-electron chi connectivity index (χ0n) is 17.8. The Morgan fingerprint density at radius 2 is 2.10 bits per heavy atom. The van der Waals surface area contributed by atoms with Crippen molar-refractivity contribution in [3.63, 3.8) is 0 Å². The van der Waals surface area contributed by atoms with Crippen LogP contribution in [0.15, 0.2) is 29.3 Å². The third-order valence-corrected chi connectivity index (χ3v) is 5.83. The highest BCUT2D eigenvalue weighted by molar-refractivity contribution is 6.07. The number of nitrogens with zero attached hydrogens (tertiary/aromatic N) is 3. The third kappa shape index (κ3) is 3.42. The van der Waals surface area contributed by atoms with Gasteiger partial charge in [0.15, 0.2) is 0 Å². The number of carbonyl (C=O) groups excluding carboxylic acids is 1. The Bertz CT molecular complexity index is 1220. The highest BCUT2D eigenvalue weighted by Crippen LogP contribution is 2.35. The molecule has 0 saturated carbocycles. The van der Waals surface area contributed by atoms with Crippen LogP contribution in [-0.2, 0) is 11.8 Å². The second kappa shape index (κ2) is 7.38. The number of fused-ring (bicyclic) bond motifs is 3. The molecule has 1 saturated heterocycles. The van der Waals surface area contributed by atoms with Crippen LogP contribution >= 0.6 is 0 Å². The highest BCUT2D eigenvalue weighted by atomic mass is 19.1. The van der Waals surface area contributed by atoms with Crippen LogP contribution in [0.25, 0.3) is 21.8 Å². The summed E-state index contributed by atoms with van der Waals surface area (Å²) in [6.45, 7) is 7.72. The standard InChI is InChI=1S/C23H26FN3O3/c1-5-30-22(29)15-12-26(4)19-11-25-17-10-16(24)18(9-14(17)20(19)21(15)28)27-8-6-7-23(2,3)13-27/h9-12H,5-8,13H2,1-4H3. The number of carbonyl (C=O) groups is 1. The monoisotopic (exact) mass is 411 g/mol. The lowest BCUT2D eigenvalue weighted by Crippen LogP contribution is -2.40. The maximum absolute atomic E-state index is 15.0. The number of hydrogen-bond donors (Lipinski definition) is 0. The molecular formula is C23H26FN3O3.